The molecule has 1 amide bonds. The van der Waals surface area contributed by atoms with Crippen LogP contribution in [0.5, 0.6) is 0 Å². The second-order valence-electron chi connectivity index (χ2n) is 7.62. The van der Waals surface area contributed by atoms with Gasteiger partial charge in [0.05, 0.1) is 12.0 Å². The second-order valence-corrected chi connectivity index (χ2v) is 10.5. The standard InChI is InChI=1S/C20H28N4O3S2/c1-15(2)16-4-6-18(7-5-16)24-13-10-21-20(24)28-14-19(25)22-17-8-11-23(12-9-17)29(3,26)27/h4-7,10,13,15,17H,8-9,11-12,14H2,1-3H3,(H,22,25). The number of piperidine rings is 1. The van der Waals surface area contributed by atoms with Crippen molar-refractivity contribution in [2.24, 2.45) is 0 Å². The van der Waals surface area contributed by atoms with Crippen molar-refractivity contribution in [1.29, 1.82) is 0 Å². The van der Waals surface area contributed by atoms with Gasteiger partial charge in [0.1, 0.15) is 0 Å². The van der Waals surface area contributed by atoms with Gasteiger partial charge in [-0.3, -0.25) is 9.36 Å². The van der Waals surface area contributed by atoms with Crippen molar-refractivity contribution in [3.63, 3.8) is 0 Å². The molecule has 9 heteroatoms. The summed E-state index contributed by atoms with van der Waals surface area (Å²) in [6.45, 7) is 5.23. The number of aromatic nitrogens is 2. The number of thioether (sulfide) groups is 1. The number of sulfonamides is 1. The van der Waals surface area contributed by atoms with Gasteiger partial charge in [0, 0.05) is 37.2 Å². The first-order valence-electron chi connectivity index (χ1n) is 9.75. The zero-order valence-corrected chi connectivity index (χ0v) is 18.7. The van der Waals surface area contributed by atoms with Crippen molar-refractivity contribution in [3.8, 4) is 5.69 Å². The molecule has 1 aromatic heterocycles. The summed E-state index contributed by atoms with van der Waals surface area (Å²) in [7, 11) is -3.15. The van der Waals surface area contributed by atoms with Gasteiger partial charge in [-0.05, 0) is 36.5 Å². The van der Waals surface area contributed by atoms with Crippen LogP contribution in [0.1, 0.15) is 38.2 Å². The van der Waals surface area contributed by atoms with Crippen molar-refractivity contribution >= 4 is 27.7 Å². The molecule has 0 spiro atoms. The minimum absolute atomic E-state index is 0.0180. The van der Waals surface area contributed by atoms with Gasteiger partial charge in [0.15, 0.2) is 5.16 Å². The molecule has 1 aliphatic rings. The Labute approximate surface area is 176 Å². The number of hydrogen-bond donors (Lipinski definition) is 1. The van der Waals surface area contributed by atoms with E-state index in [0.717, 1.165) is 10.8 Å². The third-order valence-electron chi connectivity index (χ3n) is 5.07. The molecule has 0 aliphatic carbocycles. The van der Waals surface area contributed by atoms with Crippen LogP contribution in [0.2, 0.25) is 0 Å². The van der Waals surface area contributed by atoms with Gasteiger partial charge < -0.3 is 5.32 Å². The van der Waals surface area contributed by atoms with Crippen molar-refractivity contribution < 1.29 is 13.2 Å². The Morgan fingerprint density at radius 3 is 2.48 bits per heavy atom. The normalized spacial score (nSPS) is 16.3. The molecule has 7 nitrogen and oxygen atoms in total. The molecular formula is C20H28N4O3S2. The monoisotopic (exact) mass is 436 g/mol. The molecule has 2 heterocycles. The van der Waals surface area contributed by atoms with E-state index < -0.39 is 10.0 Å². The Balaban J connectivity index is 1.52. The van der Waals surface area contributed by atoms with Crippen LogP contribution in [0.25, 0.3) is 5.69 Å². The number of nitrogens with one attached hydrogen (secondary N) is 1. The Hall–Kier alpha value is -1.84. The number of hydrogen-bond acceptors (Lipinski definition) is 5. The highest BCUT2D eigenvalue weighted by Crippen LogP contribution is 2.22. The number of carbonyl (C=O) groups excluding carboxylic acids is 1. The largest absolute Gasteiger partial charge is 0.353 e. The van der Waals surface area contributed by atoms with Gasteiger partial charge in [-0.25, -0.2) is 17.7 Å². The van der Waals surface area contributed by atoms with E-state index in [1.807, 2.05) is 10.8 Å². The molecule has 0 atom stereocenters. The Kier molecular flexibility index (Phi) is 7.02. The lowest BCUT2D eigenvalue weighted by Gasteiger charge is -2.30. The Bertz CT molecular complexity index is 931. The average Bonchev–Trinajstić information content (AvgIpc) is 3.15. The summed E-state index contributed by atoms with van der Waals surface area (Å²) in [5.74, 6) is 0.694. The predicted octanol–water partition coefficient (Wildman–Crippen LogP) is 2.63. The fraction of sp³-hybridized carbons (Fsp3) is 0.500. The van der Waals surface area contributed by atoms with Crippen molar-refractivity contribution in [1.82, 2.24) is 19.2 Å². The van der Waals surface area contributed by atoms with Crippen molar-refractivity contribution in [2.75, 3.05) is 25.1 Å². The van der Waals surface area contributed by atoms with E-state index >= 15 is 0 Å². The number of imidazole rings is 1. The molecule has 0 unspecified atom stereocenters. The fourth-order valence-electron chi connectivity index (χ4n) is 3.34. The van der Waals surface area contributed by atoms with Gasteiger partial charge in [0.2, 0.25) is 15.9 Å². The maximum atomic E-state index is 12.4. The van der Waals surface area contributed by atoms with Gasteiger partial charge in [-0.15, -0.1) is 0 Å². The minimum atomic E-state index is -3.15. The van der Waals surface area contributed by atoms with E-state index in [2.05, 4.69) is 48.4 Å². The summed E-state index contributed by atoms with van der Waals surface area (Å²) in [6, 6.07) is 8.38. The van der Waals surface area contributed by atoms with E-state index in [9.17, 15) is 13.2 Å². The van der Waals surface area contributed by atoms with Crippen LogP contribution in [0.15, 0.2) is 41.8 Å². The van der Waals surface area contributed by atoms with Gasteiger partial charge in [-0.2, -0.15) is 0 Å². The first-order valence-corrected chi connectivity index (χ1v) is 12.6. The molecule has 0 bridgehead atoms. The summed E-state index contributed by atoms with van der Waals surface area (Å²) in [5, 5.41) is 3.78. The SMILES string of the molecule is CC(C)c1ccc(-n2ccnc2SCC(=O)NC2CCN(S(C)(=O)=O)CC2)cc1. The highest BCUT2D eigenvalue weighted by Gasteiger charge is 2.25. The number of benzene rings is 1. The molecule has 1 aliphatic heterocycles. The summed E-state index contributed by atoms with van der Waals surface area (Å²) in [4.78, 5) is 16.7. The first-order chi connectivity index (χ1) is 13.7. The van der Waals surface area contributed by atoms with E-state index in [1.54, 1.807) is 6.20 Å². The molecule has 29 heavy (non-hydrogen) atoms. The molecular weight excluding hydrogens is 408 g/mol. The van der Waals surface area contributed by atoms with Gasteiger partial charge in [-0.1, -0.05) is 37.7 Å². The summed E-state index contributed by atoms with van der Waals surface area (Å²) >= 11 is 1.39. The molecule has 1 aromatic carbocycles. The molecule has 0 radical (unpaired) electrons. The summed E-state index contributed by atoms with van der Waals surface area (Å²) in [5.41, 5.74) is 2.30. The smallest absolute Gasteiger partial charge is 0.230 e. The number of carbonyl (C=O) groups is 1. The van der Waals surface area contributed by atoms with Crippen LogP contribution < -0.4 is 5.32 Å². The lowest BCUT2D eigenvalue weighted by molar-refractivity contribution is -0.119. The minimum Gasteiger partial charge on any atom is -0.353 e. The lowest BCUT2D eigenvalue weighted by atomic mass is 10.0. The molecule has 1 N–H and O–H groups in total. The van der Waals surface area contributed by atoms with Crippen LogP contribution in [0, 0.1) is 0 Å². The average molecular weight is 437 g/mol. The molecule has 1 saturated heterocycles. The van der Waals surface area contributed by atoms with E-state index in [4.69, 9.17) is 0 Å². The predicted molar refractivity (Wildman–Crippen MR) is 116 cm³/mol. The van der Waals surface area contributed by atoms with Gasteiger partial charge in [0.25, 0.3) is 0 Å². The zero-order chi connectivity index (χ0) is 21.0. The third kappa shape index (κ3) is 5.83. The first kappa shape index (κ1) is 21.9. The van der Waals surface area contributed by atoms with E-state index in [1.165, 1.54) is 27.9 Å². The third-order valence-corrected chi connectivity index (χ3v) is 7.34. The number of rotatable bonds is 7. The van der Waals surface area contributed by atoms with Crippen LogP contribution in [-0.2, 0) is 14.8 Å². The molecule has 1 fully saturated rings. The van der Waals surface area contributed by atoms with Gasteiger partial charge >= 0.3 is 0 Å². The maximum absolute atomic E-state index is 12.4. The topological polar surface area (TPSA) is 84.3 Å². The van der Waals surface area contributed by atoms with Crippen molar-refractivity contribution in [2.45, 2.75) is 43.8 Å². The summed E-state index contributed by atoms with van der Waals surface area (Å²) in [6.07, 6.45) is 6.13. The lowest BCUT2D eigenvalue weighted by Crippen LogP contribution is -2.46. The number of amides is 1. The van der Waals surface area contributed by atoms with Crippen LogP contribution in [-0.4, -0.2) is 59.3 Å². The fourth-order valence-corrected chi connectivity index (χ4v) is 5.00. The summed E-state index contributed by atoms with van der Waals surface area (Å²) < 4.78 is 26.6. The highest BCUT2D eigenvalue weighted by molar-refractivity contribution is 7.99. The van der Waals surface area contributed by atoms with Crippen LogP contribution in [0.3, 0.4) is 0 Å². The van der Waals surface area contributed by atoms with Crippen molar-refractivity contribution in [3.05, 3.63) is 42.2 Å². The molecule has 2 aromatic rings. The quantitative estimate of drug-likeness (QED) is 0.675. The molecule has 158 valence electrons. The number of nitrogens with zero attached hydrogens (tertiary/aromatic N) is 3. The zero-order valence-electron chi connectivity index (χ0n) is 17.0. The van der Waals surface area contributed by atoms with Crippen LogP contribution in [0.4, 0.5) is 0 Å². The molecule has 3 rings (SSSR count). The second kappa shape index (κ2) is 9.32. The van der Waals surface area contributed by atoms with Crippen LogP contribution >= 0.6 is 11.8 Å². The maximum Gasteiger partial charge on any atom is 0.230 e. The van der Waals surface area contributed by atoms with E-state index in [-0.39, 0.29) is 17.7 Å². The molecule has 0 saturated carbocycles. The van der Waals surface area contributed by atoms with E-state index in [0.29, 0.717) is 31.8 Å². The Morgan fingerprint density at radius 2 is 1.90 bits per heavy atom. The highest BCUT2D eigenvalue weighted by atomic mass is 32.2. The Morgan fingerprint density at radius 1 is 1.24 bits per heavy atom.